The quantitative estimate of drug-likeness (QED) is 0.709. The van der Waals surface area contributed by atoms with Gasteiger partial charge in [0.25, 0.3) is 0 Å². The number of rotatable bonds is 6. The fourth-order valence-electron chi connectivity index (χ4n) is 1.83. The summed E-state index contributed by atoms with van der Waals surface area (Å²) < 4.78 is 0. The van der Waals surface area contributed by atoms with E-state index in [9.17, 15) is 5.11 Å². The summed E-state index contributed by atoms with van der Waals surface area (Å²) in [5.41, 5.74) is 2.88. The van der Waals surface area contributed by atoms with Crippen LogP contribution in [0.3, 0.4) is 0 Å². The summed E-state index contributed by atoms with van der Waals surface area (Å²) in [5.74, 6) is 0. The molecule has 0 aromatic heterocycles. The number of aliphatic hydroxyl groups excluding tert-OH is 1. The van der Waals surface area contributed by atoms with Crippen molar-refractivity contribution in [3.63, 3.8) is 0 Å². The van der Waals surface area contributed by atoms with Crippen LogP contribution in [0.1, 0.15) is 5.56 Å². The van der Waals surface area contributed by atoms with Crippen molar-refractivity contribution in [1.82, 2.24) is 0 Å². The number of para-hydroxylation sites is 1. The topological polar surface area (TPSA) is 44.3 Å². The molecule has 3 N–H and O–H groups in total. The normalized spacial score (nSPS) is 10.2. The Kier molecular flexibility index (Phi) is 5.07. The minimum atomic E-state index is 0.0465. The van der Waals surface area contributed by atoms with E-state index in [1.807, 2.05) is 48.5 Å². The van der Waals surface area contributed by atoms with Crippen LogP contribution >= 0.6 is 11.6 Å². The van der Waals surface area contributed by atoms with Gasteiger partial charge in [0, 0.05) is 35.1 Å². The second kappa shape index (κ2) is 7.02. The van der Waals surface area contributed by atoms with Crippen molar-refractivity contribution in [2.75, 3.05) is 23.7 Å². The predicted octanol–water partition coefficient (Wildman–Crippen LogP) is 3.36. The van der Waals surface area contributed by atoms with Gasteiger partial charge in [-0.15, -0.1) is 0 Å². The maximum atomic E-state index is 9.21. The number of hydrogen-bond acceptors (Lipinski definition) is 3. The lowest BCUT2D eigenvalue weighted by molar-refractivity contribution is 0.282. The number of aliphatic hydroxyl groups is 1. The first-order chi connectivity index (χ1) is 9.29. The summed E-state index contributed by atoms with van der Waals surface area (Å²) in [6.07, 6.45) is 0. The minimum Gasteiger partial charge on any atom is -0.392 e. The van der Waals surface area contributed by atoms with Gasteiger partial charge in [-0.2, -0.15) is 0 Å². The largest absolute Gasteiger partial charge is 0.392 e. The number of benzene rings is 2. The fraction of sp³-hybridized carbons (Fsp3) is 0.200. The van der Waals surface area contributed by atoms with Gasteiger partial charge in [0.1, 0.15) is 0 Å². The van der Waals surface area contributed by atoms with E-state index in [0.717, 1.165) is 35.1 Å². The molecule has 0 amide bonds. The molecular formula is C15H17ClN2O. The molecule has 0 heterocycles. The third kappa shape index (κ3) is 4.16. The zero-order valence-corrected chi connectivity index (χ0v) is 11.3. The van der Waals surface area contributed by atoms with E-state index in [4.69, 9.17) is 11.6 Å². The summed E-state index contributed by atoms with van der Waals surface area (Å²) in [5, 5.41) is 16.5. The third-order valence-electron chi connectivity index (χ3n) is 2.78. The van der Waals surface area contributed by atoms with E-state index in [1.165, 1.54) is 0 Å². The number of hydrogen-bond donors (Lipinski definition) is 3. The van der Waals surface area contributed by atoms with Crippen LogP contribution < -0.4 is 10.6 Å². The Morgan fingerprint density at radius 3 is 2.53 bits per heavy atom. The summed E-state index contributed by atoms with van der Waals surface area (Å²) >= 11 is 5.91. The predicted molar refractivity (Wildman–Crippen MR) is 80.8 cm³/mol. The van der Waals surface area contributed by atoms with Crippen LogP contribution in [0.15, 0.2) is 48.5 Å². The van der Waals surface area contributed by atoms with Gasteiger partial charge in [0.15, 0.2) is 0 Å². The monoisotopic (exact) mass is 276 g/mol. The number of anilines is 2. The van der Waals surface area contributed by atoms with Crippen LogP contribution in [0.5, 0.6) is 0 Å². The summed E-state index contributed by atoms with van der Waals surface area (Å²) in [4.78, 5) is 0. The zero-order chi connectivity index (χ0) is 13.5. The van der Waals surface area contributed by atoms with Crippen molar-refractivity contribution < 1.29 is 5.11 Å². The first-order valence-corrected chi connectivity index (χ1v) is 6.59. The second-order valence-corrected chi connectivity index (χ2v) is 4.62. The number of halogens is 1. The lowest BCUT2D eigenvalue weighted by Gasteiger charge is -2.11. The average molecular weight is 277 g/mol. The first kappa shape index (κ1) is 13.7. The van der Waals surface area contributed by atoms with Gasteiger partial charge < -0.3 is 15.7 Å². The molecule has 0 aliphatic heterocycles. The molecule has 3 nitrogen and oxygen atoms in total. The molecule has 0 unspecified atom stereocenters. The van der Waals surface area contributed by atoms with E-state index < -0.39 is 0 Å². The maximum absolute atomic E-state index is 9.21. The summed E-state index contributed by atoms with van der Waals surface area (Å²) in [7, 11) is 0. The van der Waals surface area contributed by atoms with E-state index in [1.54, 1.807) is 0 Å². The zero-order valence-electron chi connectivity index (χ0n) is 10.6. The molecule has 0 aliphatic rings. The Bertz CT molecular complexity index is 531. The van der Waals surface area contributed by atoms with Crippen molar-refractivity contribution >= 4 is 23.0 Å². The van der Waals surface area contributed by atoms with Crippen LogP contribution in [0.2, 0.25) is 5.02 Å². The molecule has 2 aromatic carbocycles. The van der Waals surface area contributed by atoms with E-state index in [-0.39, 0.29) is 6.61 Å². The van der Waals surface area contributed by atoms with Gasteiger partial charge in [-0.25, -0.2) is 0 Å². The van der Waals surface area contributed by atoms with Gasteiger partial charge in [-0.3, -0.25) is 0 Å². The Balaban J connectivity index is 1.81. The molecule has 2 rings (SSSR count). The molecular weight excluding hydrogens is 260 g/mol. The molecule has 0 saturated heterocycles. The van der Waals surface area contributed by atoms with Crippen molar-refractivity contribution in [2.45, 2.75) is 6.61 Å². The van der Waals surface area contributed by atoms with Gasteiger partial charge >= 0.3 is 0 Å². The Morgan fingerprint density at radius 2 is 1.74 bits per heavy atom. The van der Waals surface area contributed by atoms with E-state index in [2.05, 4.69) is 10.6 Å². The van der Waals surface area contributed by atoms with Crippen molar-refractivity contribution in [2.24, 2.45) is 0 Å². The van der Waals surface area contributed by atoms with Crippen LogP contribution in [-0.4, -0.2) is 18.2 Å². The van der Waals surface area contributed by atoms with E-state index in [0.29, 0.717) is 0 Å². The standard InChI is InChI=1S/C15H17ClN2O/c16-13-5-3-6-14(10-13)17-8-9-18-15-7-2-1-4-12(15)11-19/h1-7,10,17-19H,8-9,11H2. The highest BCUT2D eigenvalue weighted by Gasteiger charge is 1.99. The van der Waals surface area contributed by atoms with Crippen LogP contribution in [-0.2, 0) is 6.61 Å². The molecule has 100 valence electrons. The summed E-state index contributed by atoms with van der Waals surface area (Å²) in [6, 6.07) is 15.4. The lowest BCUT2D eigenvalue weighted by atomic mass is 10.2. The van der Waals surface area contributed by atoms with Gasteiger partial charge in [-0.05, 0) is 24.3 Å². The van der Waals surface area contributed by atoms with Crippen LogP contribution in [0.4, 0.5) is 11.4 Å². The molecule has 4 heteroatoms. The number of nitrogens with one attached hydrogen (secondary N) is 2. The average Bonchev–Trinajstić information content (AvgIpc) is 2.44. The highest BCUT2D eigenvalue weighted by atomic mass is 35.5. The van der Waals surface area contributed by atoms with Crippen molar-refractivity contribution in [3.8, 4) is 0 Å². The fourth-order valence-corrected chi connectivity index (χ4v) is 2.02. The molecule has 0 radical (unpaired) electrons. The molecule has 0 atom stereocenters. The van der Waals surface area contributed by atoms with Gasteiger partial charge in [-0.1, -0.05) is 35.9 Å². The van der Waals surface area contributed by atoms with Gasteiger partial charge in [0.05, 0.1) is 6.61 Å². The molecule has 0 spiro atoms. The van der Waals surface area contributed by atoms with Crippen molar-refractivity contribution in [1.29, 1.82) is 0 Å². The highest BCUT2D eigenvalue weighted by molar-refractivity contribution is 6.30. The second-order valence-electron chi connectivity index (χ2n) is 4.18. The minimum absolute atomic E-state index is 0.0465. The lowest BCUT2D eigenvalue weighted by Crippen LogP contribution is -2.14. The highest BCUT2D eigenvalue weighted by Crippen LogP contribution is 2.15. The summed E-state index contributed by atoms with van der Waals surface area (Å²) in [6.45, 7) is 1.59. The van der Waals surface area contributed by atoms with Crippen LogP contribution in [0, 0.1) is 0 Å². The molecule has 2 aromatic rings. The van der Waals surface area contributed by atoms with E-state index >= 15 is 0 Å². The molecule has 0 bridgehead atoms. The SMILES string of the molecule is OCc1ccccc1NCCNc1cccc(Cl)c1. The molecule has 19 heavy (non-hydrogen) atoms. The first-order valence-electron chi connectivity index (χ1n) is 6.21. The molecule has 0 aliphatic carbocycles. The smallest absolute Gasteiger partial charge is 0.0701 e. The van der Waals surface area contributed by atoms with Gasteiger partial charge in [0.2, 0.25) is 0 Å². The van der Waals surface area contributed by atoms with Crippen LogP contribution in [0.25, 0.3) is 0 Å². The van der Waals surface area contributed by atoms with Crippen molar-refractivity contribution in [3.05, 3.63) is 59.1 Å². The molecule has 0 fully saturated rings. The Hall–Kier alpha value is -1.71. The third-order valence-corrected chi connectivity index (χ3v) is 3.02. The Labute approximate surface area is 118 Å². The Morgan fingerprint density at radius 1 is 0.947 bits per heavy atom. The maximum Gasteiger partial charge on any atom is 0.0701 e. The molecule has 0 saturated carbocycles.